The van der Waals surface area contributed by atoms with Crippen LogP contribution < -0.4 is 21.2 Å². The summed E-state index contributed by atoms with van der Waals surface area (Å²) in [5.41, 5.74) is 2.23. The highest BCUT2D eigenvalue weighted by atomic mass is 16.5. The van der Waals surface area contributed by atoms with Crippen molar-refractivity contribution >= 4 is 6.03 Å². The van der Waals surface area contributed by atoms with Crippen LogP contribution >= 0.6 is 0 Å². The number of hydrazine groups is 2. The molecule has 0 bridgehead atoms. The molecule has 0 unspecified atom stereocenters. The molecule has 2 amide bonds. The van der Waals surface area contributed by atoms with Gasteiger partial charge in [-0.05, 0) is 31.4 Å². The number of nitrogens with two attached hydrogens (primary N) is 2. The number of hydrogen-bond donors (Lipinski definition) is 2. The molecule has 0 aliphatic heterocycles. The Kier molecular flexibility index (Phi) is 7.00. The molecule has 164 valence electrons. The average Bonchev–Trinajstić information content (AvgIpc) is 3.24. The van der Waals surface area contributed by atoms with E-state index in [-0.39, 0.29) is 6.61 Å². The summed E-state index contributed by atoms with van der Waals surface area (Å²) in [6.45, 7) is 2.09. The minimum Gasteiger partial charge on any atom is -0.480 e. The normalized spacial score (nSPS) is 14.9. The number of carbonyl (C=O) groups excluding carboxylic acids is 1. The van der Waals surface area contributed by atoms with Crippen molar-refractivity contribution in [2.75, 3.05) is 20.8 Å². The monoisotopic (exact) mass is 426 g/mol. The third-order valence-corrected chi connectivity index (χ3v) is 4.59. The highest BCUT2D eigenvalue weighted by Gasteiger charge is 2.22. The van der Waals surface area contributed by atoms with Crippen LogP contribution in [0.1, 0.15) is 19.8 Å². The molecular formula is C20H26N8O3. The summed E-state index contributed by atoms with van der Waals surface area (Å²) in [4.78, 5) is 12.3. The Morgan fingerprint density at radius 2 is 2.00 bits per heavy atom. The van der Waals surface area contributed by atoms with Crippen LogP contribution in [0.4, 0.5) is 4.79 Å². The van der Waals surface area contributed by atoms with E-state index in [1.807, 2.05) is 19.1 Å². The predicted octanol–water partition coefficient (Wildman–Crippen LogP) is 1.70. The molecule has 0 radical (unpaired) electrons. The zero-order valence-electron chi connectivity index (χ0n) is 17.7. The topological polar surface area (TPSA) is 138 Å². The molecule has 0 saturated heterocycles. The molecule has 0 atom stereocenters. The molecule has 2 aromatic rings. The maximum atomic E-state index is 12.3. The summed E-state index contributed by atoms with van der Waals surface area (Å²) < 4.78 is 12.5. The number of amides is 2. The highest BCUT2D eigenvalue weighted by molar-refractivity contribution is 5.76. The summed E-state index contributed by atoms with van der Waals surface area (Å²) in [5.74, 6) is 13.0. The van der Waals surface area contributed by atoms with Crippen molar-refractivity contribution in [1.29, 1.82) is 0 Å². The van der Waals surface area contributed by atoms with Crippen LogP contribution in [0, 0.1) is 0 Å². The number of nitrogens with zero attached hydrogens (tertiary/aromatic N) is 6. The number of carbonyl (C=O) groups is 1. The van der Waals surface area contributed by atoms with Crippen molar-refractivity contribution in [3.05, 3.63) is 59.5 Å². The van der Waals surface area contributed by atoms with Crippen molar-refractivity contribution in [2.24, 2.45) is 11.7 Å². The third kappa shape index (κ3) is 5.27. The van der Waals surface area contributed by atoms with Crippen molar-refractivity contribution in [3.63, 3.8) is 0 Å². The summed E-state index contributed by atoms with van der Waals surface area (Å²) in [6.07, 6.45) is 9.23. The first-order chi connectivity index (χ1) is 14.9. The number of rotatable bonds is 6. The lowest BCUT2D eigenvalue weighted by atomic mass is 10.0. The lowest BCUT2D eigenvalue weighted by Gasteiger charge is -2.26. The molecule has 11 nitrogen and oxygen atoms in total. The molecule has 1 aliphatic rings. The van der Waals surface area contributed by atoms with E-state index in [9.17, 15) is 4.79 Å². The predicted molar refractivity (Wildman–Crippen MR) is 114 cm³/mol. The largest absolute Gasteiger partial charge is 0.480 e. The van der Waals surface area contributed by atoms with E-state index in [4.69, 9.17) is 21.2 Å². The quantitative estimate of drug-likeness (QED) is 0.404. The number of ether oxygens (including phenoxy) is 2. The van der Waals surface area contributed by atoms with Gasteiger partial charge in [-0.1, -0.05) is 18.2 Å². The summed E-state index contributed by atoms with van der Waals surface area (Å²) in [6, 6.07) is 4.60. The minimum absolute atomic E-state index is 0.155. The van der Waals surface area contributed by atoms with Gasteiger partial charge < -0.3 is 9.47 Å². The van der Waals surface area contributed by atoms with Gasteiger partial charge in [-0.15, -0.1) is 15.3 Å². The van der Waals surface area contributed by atoms with Gasteiger partial charge in [0.2, 0.25) is 11.8 Å². The van der Waals surface area contributed by atoms with Crippen LogP contribution in [0.5, 0.6) is 11.8 Å². The molecule has 0 aromatic carbocycles. The van der Waals surface area contributed by atoms with Crippen molar-refractivity contribution < 1.29 is 14.3 Å². The van der Waals surface area contributed by atoms with Crippen LogP contribution in [0.3, 0.4) is 0 Å². The van der Waals surface area contributed by atoms with Crippen molar-refractivity contribution in [1.82, 2.24) is 30.0 Å². The molecule has 0 saturated carbocycles. The lowest BCUT2D eigenvalue weighted by Crippen LogP contribution is -2.48. The van der Waals surface area contributed by atoms with Gasteiger partial charge in [0, 0.05) is 31.0 Å². The first-order valence-corrected chi connectivity index (χ1v) is 9.61. The van der Waals surface area contributed by atoms with Crippen LogP contribution in [-0.4, -0.2) is 56.8 Å². The van der Waals surface area contributed by atoms with Gasteiger partial charge in [-0.25, -0.2) is 26.2 Å². The second-order valence-corrected chi connectivity index (χ2v) is 6.82. The minimum atomic E-state index is -0.538. The average molecular weight is 426 g/mol. The molecule has 31 heavy (non-hydrogen) atoms. The van der Waals surface area contributed by atoms with E-state index in [0.717, 1.165) is 34.0 Å². The van der Waals surface area contributed by atoms with Gasteiger partial charge in [0.15, 0.2) is 5.82 Å². The molecule has 1 aliphatic carbocycles. The second kappa shape index (κ2) is 9.87. The van der Waals surface area contributed by atoms with Crippen LogP contribution in [0.25, 0.3) is 5.82 Å². The number of urea groups is 1. The first-order valence-electron chi connectivity index (χ1n) is 9.61. The molecular weight excluding hydrogens is 400 g/mol. The number of allylic oxidation sites excluding steroid dienone is 4. The van der Waals surface area contributed by atoms with E-state index in [0.29, 0.717) is 23.3 Å². The Hall–Kier alpha value is -3.70. The Morgan fingerprint density at radius 1 is 1.19 bits per heavy atom. The van der Waals surface area contributed by atoms with Crippen LogP contribution in [-0.2, 0) is 0 Å². The van der Waals surface area contributed by atoms with E-state index in [2.05, 4.69) is 21.4 Å². The lowest BCUT2D eigenvalue weighted by molar-refractivity contribution is 0.177. The smallest absolute Gasteiger partial charge is 0.352 e. The standard InChI is InChI=1S/C20H26N8O3/c1-14-7-5-4-6-8-16(28(22)20(29)26(2)21)15(14)13-31-19-11-12-27(25-19)17-9-10-18(30-3)24-23-17/h5,7-12H,4,6,13,21-22H2,1-3H3/b7-5-,15-14?,16-8?. The van der Waals surface area contributed by atoms with Crippen molar-refractivity contribution in [3.8, 4) is 17.6 Å². The molecule has 4 N–H and O–H groups in total. The van der Waals surface area contributed by atoms with E-state index >= 15 is 0 Å². The van der Waals surface area contributed by atoms with E-state index in [1.54, 1.807) is 29.1 Å². The summed E-state index contributed by atoms with van der Waals surface area (Å²) in [5, 5.41) is 14.3. The second-order valence-electron chi connectivity index (χ2n) is 6.82. The van der Waals surface area contributed by atoms with Gasteiger partial charge in [0.1, 0.15) is 6.61 Å². The Morgan fingerprint density at radius 3 is 2.68 bits per heavy atom. The zero-order chi connectivity index (χ0) is 22.4. The number of methoxy groups -OCH3 is 1. The maximum absolute atomic E-state index is 12.3. The van der Waals surface area contributed by atoms with Crippen LogP contribution in [0.2, 0.25) is 0 Å². The fourth-order valence-corrected chi connectivity index (χ4v) is 2.91. The third-order valence-electron chi connectivity index (χ3n) is 4.59. The van der Waals surface area contributed by atoms with Gasteiger partial charge >= 0.3 is 6.03 Å². The molecule has 2 aromatic heterocycles. The van der Waals surface area contributed by atoms with Crippen molar-refractivity contribution in [2.45, 2.75) is 19.8 Å². The Labute approximate surface area is 180 Å². The van der Waals surface area contributed by atoms with Gasteiger partial charge in [-0.3, -0.25) is 5.01 Å². The van der Waals surface area contributed by atoms with Crippen LogP contribution in [0.15, 0.2) is 59.5 Å². The summed E-state index contributed by atoms with van der Waals surface area (Å²) in [7, 11) is 2.96. The number of aromatic nitrogens is 4. The molecule has 0 spiro atoms. The summed E-state index contributed by atoms with van der Waals surface area (Å²) >= 11 is 0. The Bertz CT molecular complexity index is 1010. The highest BCUT2D eigenvalue weighted by Crippen LogP contribution is 2.23. The van der Waals surface area contributed by atoms with E-state index in [1.165, 1.54) is 14.2 Å². The molecule has 3 rings (SSSR count). The van der Waals surface area contributed by atoms with Gasteiger partial charge in [-0.2, -0.15) is 0 Å². The van der Waals surface area contributed by atoms with E-state index < -0.39 is 6.03 Å². The number of hydrogen-bond acceptors (Lipinski definition) is 8. The van der Waals surface area contributed by atoms with Gasteiger partial charge in [0.25, 0.3) is 0 Å². The molecule has 0 fully saturated rings. The molecule has 2 heterocycles. The fraction of sp³-hybridized carbons (Fsp3) is 0.300. The maximum Gasteiger partial charge on any atom is 0.352 e. The van der Waals surface area contributed by atoms with Gasteiger partial charge in [0.05, 0.1) is 12.8 Å². The first kappa shape index (κ1) is 22.0. The molecule has 11 heteroatoms. The zero-order valence-corrected chi connectivity index (χ0v) is 17.7. The SMILES string of the molecule is COc1ccc(-n2ccc(OCC3=C(C)/C=C\CCC=C3N(N)C(=O)N(C)N)n2)nn1. The Balaban J connectivity index is 1.79. The fourth-order valence-electron chi connectivity index (χ4n) is 2.91.